The number of carbonyl (C=O) groups excluding carboxylic acids is 1. The molecular weight excluding hydrogens is 301 g/mol. The summed E-state index contributed by atoms with van der Waals surface area (Å²) in [5.41, 5.74) is -1.58. The van der Waals surface area contributed by atoms with Gasteiger partial charge in [-0.15, -0.1) is 0 Å². The Morgan fingerprint density at radius 3 is 2.65 bits per heavy atom. The summed E-state index contributed by atoms with van der Waals surface area (Å²) in [5.74, 6) is -1.21. The molecule has 1 aliphatic rings. The number of ether oxygens (including phenoxy) is 2. The monoisotopic (exact) mass is 325 g/mol. The van der Waals surface area contributed by atoms with Crippen molar-refractivity contribution in [2.75, 3.05) is 13.3 Å². The van der Waals surface area contributed by atoms with Gasteiger partial charge in [-0.1, -0.05) is 6.92 Å². The fourth-order valence-electron chi connectivity index (χ4n) is 2.65. The smallest absolute Gasteiger partial charge is 0.338 e. The molecule has 1 fully saturated rings. The van der Waals surface area contributed by atoms with Gasteiger partial charge in [-0.25, -0.2) is 9.18 Å². The maximum Gasteiger partial charge on any atom is 0.338 e. The number of nitrogens with one attached hydrogen (secondary N) is 1. The molecule has 1 saturated heterocycles. The van der Waals surface area contributed by atoms with E-state index in [1.54, 1.807) is 27.7 Å². The average molecular weight is 325 g/mol. The van der Waals surface area contributed by atoms with Crippen LogP contribution in [0, 0.1) is 5.82 Å². The highest BCUT2D eigenvalue weighted by molar-refractivity contribution is 5.90. The van der Waals surface area contributed by atoms with Crippen molar-refractivity contribution in [1.82, 2.24) is 5.32 Å². The summed E-state index contributed by atoms with van der Waals surface area (Å²) in [6.45, 7) is 7.69. The number of hydrogen-bond acceptors (Lipinski definition) is 5. The summed E-state index contributed by atoms with van der Waals surface area (Å²) in [5, 5.41) is 14.0. The molecule has 0 bridgehead atoms. The van der Waals surface area contributed by atoms with E-state index in [4.69, 9.17) is 9.47 Å². The first-order valence-electron chi connectivity index (χ1n) is 7.73. The Morgan fingerprint density at radius 2 is 2.13 bits per heavy atom. The van der Waals surface area contributed by atoms with Crippen LogP contribution in [-0.2, 0) is 15.1 Å². The number of benzene rings is 1. The molecule has 0 saturated carbocycles. The van der Waals surface area contributed by atoms with Gasteiger partial charge in [0.15, 0.2) is 0 Å². The SMILES string of the molecule is CCC(O)(c1cc(F)cc(C(=O)OC(C)(C)C)c1)C1COCN1. The maximum absolute atomic E-state index is 14.0. The normalized spacial score (nSPS) is 21.0. The zero-order valence-corrected chi connectivity index (χ0v) is 14.0. The van der Waals surface area contributed by atoms with Gasteiger partial charge in [-0.05, 0) is 51.0 Å². The predicted molar refractivity (Wildman–Crippen MR) is 83.5 cm³/mol. The Bertz CT molecular complexity index is 578. The van der Waals surface area contributed by atoms with Gasteiger partial charge in [0.2, 0.25) is 0 Å². The molecule has 0 spiro atoms. The zero-order valence-electron chi connectivity index (χ0n) is 14.0. The van der Waals surface area contributed by atoms with Crippen LogP contribution in [0.25, 0.3) is 0 Å². The minimum atomic E-state index is -1.32. The third-order valence-electron chi connectivity index (χ3n) is 3.86. The summed E-state index contributed by atoms with van der Waals surface area (Å²) in [4.78, 5) is 12.2. The van der Waals surface area contributed by atoms with Gasteiger partial charge in [-0.3, -0.25) is 5.32 Å². The quantitative estimate of drug-likeness (QED) is 0.832. The van der Waals surface area contributed by atoms with Crippen LogP contribution in [0.4, 0.5) is 4.39 Å². The highest BCUT2D eigenvalue weighted by Gasteiger charge is 2.40. The molecule has 5 nitrogen and oxygen atoms in total. The highest BCUT2D eigenvalue weighted by Crippen LogP contribution is 2.32. The van der Waals surface area contributed by atoms with Crippen LogP contribution in [0.2, 0.25) is 0 Å². The van der Waals surface area contributed by atoms with E-state index in [1.807, 2.05) is 0 Å². The molecule has 0 amide bonds. The lowest BCUT2D eigenvalue weighted by Crippen LogP contribution is -2.46. The number of carbonyl (C=O) groups is 1. The summed E-state index contributed by atoms with van der Waals surface area (Å²) >= 11 is 0. The minimum absolute atomic E-state index is 0.0840. The zero-order chi connectivity index (χ0) is 17.3. The van der Waals surface area contributed by atoms with Crippen molar-refractivity contribution in [2.45, 2.75) is 51.4 Å². The number of halogens is 1. The molecule has 1 aromatic rings. The molecule has 2 atom stereocenters. The van der Waals surface area contributed by atoms with Crippen LogP contribution in [0.3, 0.4) is 0 Å². The van der Waals surface area contributed by atoms with Crippen molar-refractivity contribution in [3.63, 3.8) is 0 Å². The van der Waals surface area contributed by atoms with Gasteiger partial charge in [-0.2, -0.15) is 0 Å². The molecule has 2 unspecified atom stereocenters. The van der Waals surface area contributed by atoms with Crippen molar-refractivity contribution in [3.05, 3.63) is 35.1 Å². The third-order valence-corrected chi connectivity index (χ3v) is 3.86. The lowest BCUT2D eigenvalue weighted by Gasteiger charge is -2.33. The lowest BCUT2D eigenvalue weighted by atomic mass is 9.83. The Kier molecular flexibility index (Phi) is 5.08. The molecule has 1 heterocycles. The molecule has 2 rings (SSSR count). The van der Waals surface area contributed by atoms with Gasteiger partial charge in [0.1, 0.15) is 17.0 Å². The van der Waals surface area contributed by atoms with Crippen molar-refractivity contribution in [2.24, 2.45) is 0 Å². The number of aliphatic hydroxyl groups is 1. The fourth-order valence-corrected chi connectivity index (χ4v) is 2.65. The predicted octanol–water partition coefficient (Wildman–Crippen LogP) is 2.32. The molecular formula is C17H24FNO4. The van der Waals surface area contributed by atoms with Crippen molar-refractivity contribution in [3.8, 4) is 0 Å². The molecule has 6 heteroatoms. The van der Waals surface area contributed by atoms with Crippen LogP contribution >= 0.6 is 0 Å². The van der Waals surface area contributed by atoms with Gasteiger partial charge >= 0.3 is 5.97 Å². The fraction of sp³-hybridized carbons (Fsp3) is 0.588. The highest BCUT2D eigenvalue weighted by atomic mass is 19.1. The Morgan fingerprint density at radius 1 is 1.43 bits per heavy atom. The van der Waals surface area contributed by atoms with E-state index in [0.29, 0.717) is 25.3 Å². The van der Waals surface area contributed by atoms with Gasteiger partial charge in [0, 0.05) is 0 Å². The number of rotatable bonds is 4. The molecule has 23 heavy (non-hydrogen) atoms. The van der Waals surface area contributed by atoms with Crippen molar-refractivity contribution >= 4 is 5.97 Å². The van der Waals surface area contributed by atoms with E-state index < -0.39 is 23.0 Å². The summed E-state index contributed by atoms with van der Waals surface area (Å²) in [6.07, 6.45) is 0.352. The van der Waals surface area contributed by atoms with Crippen molar-refractivity contribution in [1.29, 1.82) is 0 Å². The first-order chi connectivity index (χ1) is 10.7. The summed E-state index contributed by atoms with van der Waals surface area (Å²) < 4.78 is 24.5. The Hall–Kier alpha value is -1.50. The standard InChI is InChI=1S/C17H24FNO4/c1-5-17(21,14-9-22-10-19-14)12-6-11(7-13(18)8-12)15(20)23-16(2,3)4/h6-8,14,19,21H,5,9-10H2,1-4H3. The molecule has 128 valence electrons. The summed E-state index contributed by atoms with van der Waals surface area (Å²) in [7, 11) is 0. The van der Waals surface area contributed by atoms with E-state index in [-0.39, 0.29) is 11.6 Å². The number of hydrogen-bond donors (Lipinski definition) is 2. The van der Waals surface area contributed by atoms with E-state index in [0.717, 1.165) is 6.07 Å². The largest absolute Gasteiger partial charge is 0.456 e. The summed E-state index contributed by atoms with van der Waals surface area (Å²) in [6, 6.07) is 3.49. The minimum Gasteiger partial charge on any atom is -0.456 e. The second-order valence-electron chi connectivity index (χ2n) is 6.78. The Balaban J connectivity index is 2.37. The van der Waals surface area contributed by atoms with Crippen LogP contribution in [0.15, 0.2) is 18.2 Å². The van der Waals surface area contributed by atoms with Crippen LogP contribution in [0.1, 0.15) is 50.0 Å². The Labute approximate surface area is 135 Å². The van der Waals surface area contributed by atoms with E-state index >= 15 is 0 Å². The molecule has 0 aliphatic carbocycles. The van der Waals surface area contributed by atoms with E-state index in [9.17, 15) is 14.3 Å². The number of esters is 1. The third kappa shape index (κ3) is 4.07. The second-order valence-corrected chi connectivity index (χ2v) is 6.78. The first-order valence-corrected chi connectivity index (χ1v) is 7.73. The molecule has 0 radical (unpaired) electrons. The van der Waals surface area contributed by atoms with Gasteiger partial charge in [0.05, 0.1) is 24.9 Å². The molecule has 0 aromatic heterocycles. The molecule has 1 aromatic carbocycles. The van der Waals surface area contributed by atoms with Crippen LogP contribution in [-0.4, -0.2) is 36.1 Å². The lowest BCUT2D eigenvalue weighted by molar-refractivity contribution is -0.00479. The molecule has 2 N–H and O–H groups in total. The second kappa shape index (κ2) is 6.55. The van der Waals surface area contributed by atoms with Crippen molar-refractivity contribution < 1.29 is 23.8 Å². The van der Waals surface area contributed by atoms with Crippen LogP contribution < -0.4 is 5.32 Å². The molecule has 1 aliphatic heterocycles. The van der Waals surface area contributed by atoms with Gasteiger partial charge < -0.3 is 14.6 Å². The maximum atomic E-state index is 14.0. The average Bonchev–Trinajstić information content (AvgIpc) is 2.98. The van der Waals surface area contributed by atoms with E-state index in [1.165, 1.54) is 12.1 Å². The van der Waals surface area contributed by atoms with Gasteiger partial charge in [0.25, 0.3) is 0 Å². The topological polar surface area (TPSA) is 67.8 Å². The van der Waals surface area contributed by atoms with E-state index in [2.05, 4.69) is 5.32 Å². The van der Waals surface area contributed by atoms with Crippen LogP contribution in [0.5, 0.6) is 0 Å². The first kappa shape index (κ1) is 17.8.